The highest BCUT2D eigenvalue weighted by atomic mass is 32.2. The summed E-state index contributed by atoms with van der Waals surface area (Å²) in [6.07, 6.45) is 3.15. The number of fused-ring (bicyclic) bond motifs is 1. The molecule has 0 fully saturated rings. The average Bonchev–Trinajstić information content (AvgIpc) is 2.75. The van der Waals surface area contributed by atoms with E-state index in [1.807, 2.05) is 6.07 Å². The van der Waals surface area contributed by atoms with Gasteiger partial charge in [0, 0.05) is 13.2 Å². The van der Waals surface area contributed by atoms with Gasteiger partial charge in [0.1, 0.15) is 0 Å². The highest BCUT2D eigenvalue weighted by Gasteiger charge is 2.20. The number of hydrogen-bond acceptors (Lipinski definition) is 3. The third-order valence-corrected chi connectivity index (χ3v) is 4.74. The van der Waals surface area contributed by atoms with E-state index in [4.69, 9.17) is 4.74 Å². The first-order chi connectivity index (χ1) is 8.53. The smallest absolute Gasteiger partial charge is 0.240 e. The van der Waals surface area contributed by atoms with Crippen LogP contribution < -0.4 is 4.72 Å². The van der Waals surface area contributed by atoms with Crippen LogP contribution in [0.25, 0.3) is 0 Å². The Morgan fingerprint density at radius 1 is 1.33 bits per heavy atom. The van der Waals surface area contributed by atoms with Gasteiger partial charge in [-0.15, -0.1) is 0 Å². The van der Waals surface area contributed by atoms with Crippen LogP contribution in [0.2, 0.25) is 0 Å². The summed E-state index contributed by atoms with van der Waals surface area (Å²) in [5.41, 5.74) is 2.44. The van der Waals surface area contributed by atoms with Gasteiger partial charge in [0.25, 0.3) is 0 Å². The number of nitrogens with one attached hydrogen (secondary N) is 1. The summed E-state index contributed by atoms with van der Waals surface area (Å²) >= 11 is 0. The van der Waals surface area contributed by atoms with Crippen molar-refractivity contribution >= 4 is 10.0 Å². The zero-order valence-corrected chi connectivity index (χ0v) is 11.6. The lowest BCUT2D eigenvalue weighted by molar-refractivity contribution is 0.180. The molecule has 1 aromatic carbocycles. The van der Waals surface area contributed by atoms with E-state index in [2.05, 4.69) is 4.72 Å². The molecule has 0 heterocycles. The topological polar surface area (TPSA) is 55.4 Å². The van der Waals surface area contributed by atoms with E-state index in [9.17, 15) is 8.42 Å². The van der Waals surface area contributed by atoms with Gasteiger partial charge in [-0.3, -0.25) is 0 Å². The molecule has 100 valence electrons. The number of benzene rings is 1. The van der Waals surface area contributed by atoms with Crippen molar-refractivity contribution in [2.24, 2.45) is 0 Å². The molecule has 0 aliphatic heterocycles. The second-order valence-corrected chi connectivity index (χ2v) is 6.48. The summed E-state index contributed by atoms with van der Waals surface area (Å²) in [5.74, 6) is 0. The number of ether oxygens (including phenoxy) is 1. The van der Waals surface area contributed by atoms with Crippen molar-refractivity contribution in [2.75, 3.05) is 13.7 Å². The van der Waals surface area contributed by atoms with E-state index < -0.39 is 10.0 Å². The molecular weight excluding hydrogens is 250 g/mol. The molecule has 2 rings (SSSR count). The first kappa shape index (κ1) is 13.5. The van der Waals surface area contributed by atoms with Crippen molar-refractivity contribution in [2.45, 2.75) is 37.1 Å². The first-order valence-corrected chi connectivity index (χ1v) is 7.64. The Balaban J connectivity index is 2.19. The van der Waals surface area contributed by atoms with Gasteiger partial charge in [0.2, 0.25) is 10.0 Å². The molecule has 1 aromatic rings. The SMILES string of the molecule is COCC(C)NS(=O)(=O)c1ccc2c(c1)CCC2. The maximum absolute atomic E-state index is 12.2. The summed E-state index contributed by atoms with van der Waals surface area (Å²) in [4.78, 5) is 0.353. The quantitative estimate of drug-likeness (QED) is 0.881. The normalized spacial score (nSPS) is 16.6. The zero-order valence-electron chi connectivity index (χ0n) is 10.8. The summed E-state index contributed by atoms with van der Waals surface area (Å²) < 4.78 is 31.8. The van der Waals surface area contributed by atoms with Gasteiger partial charge < -0.3 is 4.74 Å². The maximum Gasteiger partial charge on any atom is 0.240 e. The standard InChI is InChI=1S/C13H19NO3S/c1-10(9-17-2)14-18(15,16)13-7-6-11-4-3-5-12(11)8-13/h6-8,10,14H,3-5,9H2,1-2H3. The monoisotopic (exact) mass is 269 g/mol. The van der Waals surface area contributed by atoms with Gasteiger partial charge in [-0.25, -0.2) is 13.1 Å². The molecule has 1 aliphatic carbocycles. The molecule has 4 nitrogen and oxygen atoms in total. The molecule has 0 spiro atoms. The fourth-order valence-corrected chi connectivity index (χ4v) is 3.61. The molecule has 0 saturated carbocycles. The minimum absolute atomic E-state index is 0.228. The summed E-state index contributed by atoms with van der Waals surface area (Å²) in [6.45, 7) is 2.15. The molecule has 0 amide bonds. The van der Waals surface area contributed by atoms with Crippen molar-refractivity contribution in [1.29, 1.82) is 0 Å². The average molecular weight is 269 g/mol. The molecule has 0 saturated heterocycles. The predicted molar refractivity (Wildman–Crippen MR) is 70.1 cm³/mol. The Morgan fingerprint density at radius 3 is 2.78 bits per heavy atom. The van der Waals surface area contributed by atoms with Crippen molar-refractivity contribution in [3.63, 3.8) is 0 Å². The Labute approximate surface area is 108 Å². The fourth-order valence-electron chi connectivity index (χ4n) is 2.33. The van der Waals surface area contributed by atoms with Crippen LogP contribution in [0, 0.1) is 0 Å². The van der Waals surface area contributed by atoms with Gasteiger partial charge >= 0.3 is 0 Å². The lowest BCUT2D eigenvalue weighted by Crippen LogP contribution is -2.35. The van der Waals surface area contributed by atoms with Crippen LogP contribution in [-0.2, 0) is 27.6 Å². The molecule has 18 heavy (non-hydrogen) atoms. The first-order valence-electron chi connectivity index (χ1n) is 6.16. The van der Waals surface area contributed by atoms with Crippen LogP contribution in [0.3, 0.4) is 0 Å². The molecule has 0 aromatic heterocycles. The number of hydrogen-bond donors (Lipinski definition) is 1. The maximum atomic E-state index is 12.2. The second kappa shape index (κ2) is 5.38. The molecule has 0 radical (unpaired) electrons. The zero-order chi connectivity index (χ0) is 13.2. The highest BCUT2D eigenvalue weighted by molar-refractivity contribution is 7.89. The molecule has 5 heteroatoms. The van der Waals surface area contributed by atoms with Gasteiger partial charge in [0.05, 0.1) is 11.5 Å². The minimum Gasteiger partial charge on any atom is -0.383 e. The molecule has 0 bridgehead atoms. The van der Waals surface area contributed by atoms with Crippen LogP contribution in [0.15, 0.2) is 23.1 Å². The van der Waals surface area contributed by atoms with Crippen LogP contribution in [-0.4, -0.2) is 28.2 Å². The van der Waals surface area contributed by atoms with Crippen LogP contribution in [0.4, 0.5) is 0 Å². The largest absolute Gasteiger partial charge is 0.383 e. The lowest BCUT2D eigenvalue weighted by atomic mass is 10.1. The van der Waals surface area contributed by atoms with Crippen molar-refractivity contribution in [3.05, 3.63) is 29.3 Å². The number of aryl methyl sites for hydroxylation is 2. The van der Waals surface area contributed by atoms with Crippen molar-refractivity contribution < 1.29 is 13.2 Å². The Bertz CT molecular complexity index is 525. The minimum atomic E-state index is -3.43. The fraction of sp³-hybridized carbons (Fsp3) is 0.538. The summed E-state index contributed by atoms with van der Waals surface area (Å²) in [6, 6.07) is 5.18. The van der Waals surface area contributed by atoms with E-state index >= 15 is 0 Å². The van der Waals surface area contributed by atoms with E-state index in [1.165, 1.54) is 5.56 Å². The van der Waals surface area contributed by atoms with Gasteiger partial charge in [0.15, 0.2) is 0 Å². The highest BCUT2D eigenvalue weighted by Crippen LogP contribution is 2.24. The summed E-state index contributed by atoms with van der Waals surface area (Å²) in [7, 11) is -1.88. The van der Waals surface area contributed by atoms with Gasteiger partial charge in [-0.05, 0) is 49.4 Å². The van der Waals surface area contributed by atoms with E-state index in [-0.39, 0.29) is 6.04 Å². The molecule has 1 atom stereocenters. The Hall–Kier alpha value is -0.910. The molecule has 1 N–H and O–H groups in total. The van der Waals surface area contributed by atoms with Crippen LogP contribution >= 0.6 is 0 Å². The van der Waals surface area contributed by atoms with Gasteiger partial charge in [-0.1, -0.05) is 6.07 Å². The second-order valence-electron chi connectivity index (χ2n) is 4.76. The van der Waals surface area contributed by atoms with Gasteiger partial charge in [-0.2, -0.15) is 0 Å². The van der Waals surface area contributed by atoms with Crippen LogP contribution in [0.1, 0.15) is 24.5 Å². The lowest BCUT2D eigenvalue weighted by Gasteiger charge is -2.13. The van der Waals surface area contributed by atoms with E-state index in [0.29, 0.717) is 11.5 Å². The summed E-state index contributed by atoms with van der Waals surface area (Å²) in [5, 5.41) is 0. The van der Waals surface area contributed by atoms with E-state index in [0.717, 1.165) is 24.8 Å². The van der Waals surface area contributed by atoms with Crippen LogP contribution in [0.5, 0.6) is 0 Å². The van der Waals surface area contributed by atoms with Crippen molar-refractivity contribution in [1.82, 2.24) is 4.72 Å². The number of sulfonamides is 1. The molecular formula is C13H19NO3S. The predicted octanol–water partition coefficient (Wildman–Crippen LogP) is 1.49. The third kappa shape index (κ3) is 2.91. The number of methoxy groups -OCH3 is 1. The third-order valence-electron chi connectivity index (χ3n) is 3.15. The Morgan fingerprint density at radius 2 is 2.06 bits per heavy atom. The molecule has 1 unspecified atom stereocenters. The Kier molecular flexibility index (Phi) is 4.04. The van der Waals surface area contributed by atoms with Crippen molar-refractivity contribution in [3.8, 4) is 0 Å². The van der Waals surface area contributed by atoms with E-state index in [1.54, 1.807) is 26.2 Å². The molecule has 1 aliphatic rings. The number of rotatable bonds is 5.